The highest BCUT2D eigenvalue weighted by atomic mass is 32.1. The molecule has 1 heterocycles. The molecule has 0 fully saturated rings. The molecule has 3 aromatic rings. The molecule has 0 aliphatic rings. The van der Waals surface area contributed by atoms with Gasteiger partial charge >= 0.3 is 0 Å². The van der Waals surface area contributed by atoms with Crippen LogP contribution < -0.4 is 20.1 Å². The van der Waals surface area contributed by atoms with Gasteiger partial charge in [-0.3, -0.25) is 15.1 Å². The minimum Gasteiger partial charge on any atom is -0.497 e. The van der Waals surface area contributed by atoms with Gasteiger partial charge in [0.1, 0.15) is 11.5 Å². The number of aromatic nitrogens is 1. The fraction of sp³-hybridized carbons (Fsp3) is 0.150. The highest BCUT2D eigenvalue weighted by molar-refractivity contribution is 7.80. The van der Waals surface area contributed by atoms with Crippen LogP contribution in [-0.4, -0.2) is 30.2 Å². The molecule has 0 bridgehead atoms. The van der Waals surface area contributed by atoms with Crippen molar-refractivity contribution in [3.63, 3.8) is 0 Å². The predicted octanol–water partition coefficient (Wildman–Crippen LogP) is 3.69. The Labute approximate surface area is 162 Å². The molecule has 6 nitrogen and oxygen atoms in total. The zero-order valence-electron chi connectivity index (χ0n) is 15.2. The molecule has 0 aliphatic carbocycles. The quantitative estimate of drug-likeness (QED) is 0.672. The number of methoxy groups -OCH3 is 2. The van der Waals surface area contributed by atoms with Crippen molar-refractivity contribution in [1.29, 1.82) is 0 Å². The molecule has 0 aliphatic heterocycles. The lowest BCUT2D eigenvalue weighted by Gasteiger charge is -2.13. The van der Waals surface area contributed by atoms with E-state index in [4.69, 9.17) is 21.7 Å². The van der Waals surface area contributed by atoms with Crippen LogP contribution in [0.5, 0.6) is 11.5 Å². The van der Waals surface area contributed by atoms with Crippen LogP contribution in [0.4, 0.5) is 5.69 Å². The number of fused-ring (bicyclic) bond motifs is 1. The van der Waals surface area contributed by atoms with Crippen molar-refractivity contribution in [3.8, 4) is 11.5 Å². The van der Waals surface area contributed by atoms with Gasteiger partial charge in [0, 0.05) is 22.8 Å². The Morgan fingerprint density at radius 3 is 2.63 bits per heavy atom. The van der Waals surface area contributed by atoms with Crippen LogP contribution >= 0.6 is 12.2 Å². The van der Waals surface area contributed by atoms with Crippen LogP contribution in [0.25, 0.3) is 10.9 Å². The Bertz CT molecular complexity index is 1020. The third kappa shape index (κ3) is 4.15. The SMILES string of the molecule is COc1ccc(C(=O)NC(=S)Nc2cccc3nc(C)ccc23)c(OC)c1. The van der Waals surface area contributed by atoms with E-state index >= 15 is 0 Å². The van der Waals surface area contributed by atoms with Crippen molar-refractivity contribution in [2.24, 2.45) is 0 Å². The molecule has 27 heavy (non-hydrogen) atoms. The van der Waals surface area contributed by atoms with Gasteiger partial charge in [0.25, 0.3) is 5.91 Å². The van der Waals surface area contributed by atoms with Gasteiger partial charge in [-0.1, -0.05) is 6.07 Å². The third-order valence-corrected chi connectivity index (χ3v) is 4.20. The molecule has 0 radical (unpaired) electrons. The first-order valence-corrected chi connectivity index (χ1v) is 8.63. The zero-order valence-corrected chi connectivity index (χ0v) is 16.0. The van der Waals surface area contributed by atoms with Crippen molar-refractivity contribution >= 4 is 39.8 Å². The summed E-state index contributed by atoms with van der Waals surface area (Å²) in [4.78, 5) is 17.1. The molecular formula is C20H19N3O3S. The Hall–Kier alpha value is -3.19. The van der Waals surface area contributed by atoms with Crippen molar-refractivity contribution in [2.75, 3.05) is 19.5 Å². The molecule has 7 heteroatoms. The van der Waals surface area contributed by atoms with E-state index in [0.717, 1.165) is 22.3 Å². The van der Waals surface area contributed by atoms with E-state index in [1.807, 2.05) is 37.3 Å². The number of hydrogen-bond acceptors (Lipinski definition) is 5. The third-order valence-electron chi connectivity index (χ3n) is 4.00. The summed E-state index contributed by atoms with van der Waals surface area (Å²) in [5.74, 6) is 0.628. The number of nitrogens with one attached hydrogen (secondary N) is 2. The van der Waals surface area contributed by atoms with Crippen LogP contribution in [0.2, 0.25) is 0 Å². The largest absolute Gasteiger partial charge is 0.497 e. The van der Waals surface area contributed by atoms with Crippen LogP contribution in [0.15, 0.2) is 48.5 Å². The van der Waals surface area contributed by atoms with Gasteiger partial charge in [-0.2, -0.15) is 0 Å². The van der Waals surface area contributed by atoms with Gasteiger partial charge < -0.3 is 14.8 Å². The van der Waals surface area contributed by atoms with Crippen LogP contribution in [-0.2, 0) is 0 Å². The van der Waals surface area contributed by atoms with E-state index < -0.39 is 0 Å². The summed E-state index contributed by atoms with van der Waals surface area (Å²) >= 11 is 5.30. The standard InChI is InChI=1S/C20H19N3O3S/c1-12-7-9-14-16(21-12)5-4-6-17(14)22-20(27)23-19(24)15-10-8-13(25-2)11-18(15)26-3/h4-11H,1-3H3,(H2,22,23,24,27). The lowest BCUT2D eigenvalue weighted by molar-refractivity contribution is 0.0974. The molecule has 1 amide bonds. The number of anilines is 1. The fourth-order valence-corrected chi connectivity index (χ4v) is 2.88. The van der Waals surface area contributed by atoms with Gasteiger partial charge in [0.2, 0.25) is 0 Å². The first kappa shape index (κ1) is 18.6. The molecule has 0 atom stereocenters. The normalized spacial score (nSPS) is 10.3. The minimum absolute atomic E-state index is 0.186. The smallest absolute Gasteiger partial charge is 0.261 e. The molecule has 0 saturated heterocycles. The summed E-state index contributed by atoms with van der Waals surface area (Å²) in [5.41, 5.74) is 2.91. The van der Waals surface area contributed by atoms with Crippen LogP contribution in [0, 0.1) is 6.92 Å². The monoisotopic (exact) mass is 381 g/mol. The molecule has 0 saturated carbocycles. The van der Waals surface area contributed by atoms with Gasteiger partial charge in [0.05, 0.1) is 25.3 Å². The topological polar surface area (TPSA) is 72.5 Å². The van der Waals surface area contributed by atoms with Crippen molar-refractivity contribution in [3.05, 3.63) is 59.8 Å². The van der Waals surface area contributed by atoms with Gasteiger partial charge in [-0.15, -0.1) is 0 Å². The fourth-order valence-electron chi connectivity index (χ4n) is 2.68. The Morgan fingerprint density at radius 1 is 1.07 bits per heavy atom. The maximum atomic E-state index is 12.6. The average molecular weight is 381 g/mol. The number of rotatable bonds is 4. The van der Waals surface area contributed by atoms with Crippen molar-refractivity contribution in [2.45, 2.75) is 6.92 Å². The van der Waals surface area contributed by atoms with Crippen molar-refractivity contribution < 1.29 is 14.3 Å². The molecule has 138 valence electrons. The molecule has 2 N–H and O–H groups in total. The minimum atomic E-state index is -0.374. The second-order valence-electron chi connectivity index (χ2n) is 5.80. The van der Waals surface area contributed by atoms with E-state index in [0.29, 0.717) is 17.1 Å². The van der Waals surface area contributed by atoms with E-state index in [-0.39, 0.29) is 11.0 Å². The van der Waals surface area contributed by atoms with E-state index in [9.17, 15) is 4.79 Å². The van der Waals surface area contributed by atoms with E-state index in [2.05, 4.69) is 15.6 Å². The number of nitrogens with zero attached hydrogens (tertiary/aromatic N) is 1. The Balaban J connectivity index is 1.78. The summed E-state index contributed by atoms with van der Waals surface area (Å²) in [5, 5.41) is 6.84. The lowest BCUT2D eigenvalue weighted by atomic mass is 10.1. The molecule has 0 spiro atoms. The highest BCUT2D eigenvalue weighted by Gasteiger charge is 2.15. The summed E-state index contributed by atoms with van der Waals surface area (Å²) in [6, 6.07) is 14.5. The summed E-state index contributed by atoms with van der Waals surface area (Å²) < 4.78 is 10.4. The van der Waals surface area contributed by atoms with Gasteiger partial charge in [0.15, 0.2) is 5.11 Å². The second kappa shape index (κ2) is 8.01. The van der Waals surface area contributed by atoms with E-state index in [1.165, 1.54) is 7.11 Å². The Kier molecular flexibility index (Phi) is 5.52. The second-order valence-corrected chi connectivity index (χ2v) is 6.21. The van der Waals surface area contributed by atoms with Crippen LogP contribution in [0.3, 0.4) is 0 Å². The molecule has 0 unspecified atom stereocenters. The highest BCUT2D eigenvalue weighted by Crippen LogP contribution is 2.25. The first-order valence-electron chi connectivity index (χ1n) is 8.22. The Morgan fingerprint density at radius 2 is 1.89 bits per heavy atom. The summed E-state index contributed by atoms with van der Waals surface area (Å²) in [6.07, 6.45) is 0. The zero-order chi connectivity index (χ0) is 19.4. The maximum Gasteiger partial charge on any atom is 0.261 e. The number of ether oxygens (including phenoxy) is 2. The number of carbonyl (C=O) groups excluding carboxylic acids is 1. The lowest BCUT2D eigenvalue weighted by Crippen LogP contribution is -2.34. The van der Waals surface area contributed by atoms with Gasteiger partial charge in [-0.25, -0.2) is 0 Å². The number of benzene rings is 2. The average Bonchev–Trinajstić information content (AvgIpc) is 2.67. The first-order chi connectivity index (χ1) is 13.0. The molecule has 2 aromatic carbocycles. The summed E-state index contributed by atoms with van der Waals surface area (Å²) in [7, 11) is 3.04. The number of thiocarbonyl (C=S) groups is 1. The number of hydrogen-bond donors (Lipinski definition) is 2. The van der Waals surface area contributed by atoms with Gasteiger partial charge in [-0.05, 0) is 55.5 Å². The van der Waals surface area contributed by atoms with E-state index in [1.54, 1.807) is 25.3 Å². The van der Waals surface area contributed by atoms with Crippen LogP contribution in [0.1, 0.15) is 16.1 Å². The molecular weight excluding hydrogens is 362 g/mol. The molecule has 1 aromatic heterocycles. The summed E-state index contributed by atoms with van der Waals surface area (Å²) in [6.45, 7) is 1.94. The number of aryl methyl sites for hydroxylation is 1. The van der Waals surface area contributed by atoms with Crippen molar-refractivity contribution in [1.82, 2.24) is 10.3 Å². The number of pyridine rings is 1. The number of amides is 1. The molecule has 3 rings (SSSR count). The predicted molar refractivity (Wildman–Crippen MR) is 110 cm³/mol. The number of carbonyl (C=O) groups is 1. The maximum absolute atomic E-state index is 12.6.